The van der Waals surface area contributed by atoms with Gasteiger partial charge in [0.1, 0.15) is 6.61 Å². The van der Waals surface area contributed by atoms with Crippen LogP contribution >= 0.6 is 11.6 Å². The van der Waals surface area contributed by atoms with E-state index >= 15 is 0 Å². The van der Waals surface area contributed by atoms with Gasteiger partial charge in [-0.3, -0.25) is 4.68 Å². The van der Waals surface area contributed by atoms with E-state index in [1.807, 2.05) is 6.07 Å². The fourth-order valence-electron chi connectivity index (χ4n) is 1.42. The zero-order valence-electron chi connectivity index (χ0n) is 9.54. The van der Waals surface area contributed by atoms with Crippen molar-refractivity contribution in [2.24, 2.45) is 0 Å². The highest BCUT2D eigenvalue weighted by Gasteiger charge is 2.08. The molecule has 0 aliphatic carbocycles. The summed E-state index contributed by atoms with van der Waals surface area (Å²) < 4.78 is 6.78. The summed E-state index contributed by atoms with van der Waals surface area (Å²) in [7, 11) is 0. The first-order valence-electron chi connectivity index (χ1n) is 5.36. The quantitative estimate of drug-likeness (QED) is 0.678. The maximum absolute atomic E-state index is 11.7. The smallest absolute Gasteiger partial charge is 0.338 e. The maximum atomic E-state index is 11.7. The molecule has 0 aliphatic heterocycles. The Morgan fingerprint density at radius 1 is 1.50 bits per heavy atom. The van der Waals surface area contributed by atoms with E-state index in [0.717, 1.165) is 0 Å². The number of nitrogens with zero attached hydrogens (tertiary/aromatic N) is 2. The molecule has 0 spiro atoms. The second-order valence-corrected chi connectivity index (χ2v) is 4.05. The van der Waals surface area contributed by atoms with Crippen LogP contribution in [0.25, 0.3) is 0 Å². The van der Waals surface area contributed by atoms with E-state index in [0.29, 0.717) is 22.8 Å². The minimum absolute atomic E-state index is 0.253. The number of nitrogens with two attached hydrogens (primary N) is 1. The molecule has 94 valence electrons. The number of esters is 1. The number of carbonyl (C=O) groups is 1. The van der Waals surface area contributed by atoms with E-state index < -0.39 is 5.97 Å². The highest BCUT2D eigenvalue weighted by atomic mass is 35.5. The minimum atomic E-state index is -0.425. The van der Waals surface area contributed by atoms with Crippen LogP contribution in [0.5, 0.6) is 0 Å². The van der Waals surface area contributed by atoms with E-state index in [2.05, 4.69) is 5.10 Å². The van der Waals surface area contributed by atoms with Crippen LogP contribution in [0, 0.1) is 0 Å². The molecule has 0 unspecified atom stereocenters. The molecule has 1 heterocycles. The highest BCUT2D eigenvalue weighted by molar-refractivity contribution is 6.33. The monoisotopic (exact) mass is 265 g/mol. The number of nitrogen functional groups attached to an aromatic ring is 1. The predicted octanol–water partition coefficient (Wildman–Crippen LogP) is 1.98. The summed E-state index contributed by atoms with van der Waals surface area (Å²) in [5.74, 6) is -0.425. The number of hydrogen-bond acceptors (Lipinski definition) is 4. The third-order valence-electron chi connectivity index (χ3n) is 2.34. The van der Waals surface area contributed by atoms with Crippen molar-refractivity contribution in [3.05, 3.63) is 47.2 Å². The SMILES string of the molecule is Nc1cc(C(=O)OCCn2cccn2)ccc1Cl. The number of aromatic nitrogens is 2. The molecule has 5 nitrogen and oxygen atoms in total. The molecule has 6 heteroatoms. The predicted molar refractivity (Wildman–Crippen MR) is 68.4 cm³/mol. The van der Waals surface area contributed by atoms with E-state index in [1.165, 1.54) is 6.07 Å². The van der Waals surface area contributed by atoms with Crippen molar-refractivity contribution in [2.45, 2.75) is 6.54 Å². The highest BCUT2D eigenvalue weighted by Crippen LogP contribution is 2.19. The maximum Gasteiger partial charge on any atom is 0.338 e. The average Bonchev–Trinajstić information content (AvgIpc) is 2.85. The van der Waals surface area contributed by atoms with Crippen molar-refractivity contribution >= 4 is 23.3 Å². The van der Waals surface area contributed by atoms with E-state index in [-0.39, 0.29) is 6.61 Å². The first kappa shape index (κ1) is 12.4. The van der Waals surface area contributed by atoms with Crippen molar-refractivity contribution < 1.29 is 9.53 Å². The van der Waals surface area contributed by atoms with Gasteiger partial charge in [-0.25, -0.2) is 4.79 Å². The van der Waals surface area contributed by atoms with E-state index in [1.54, 1.807) is 29.2 Å². The summed E-state index contributed by atoms with van der Waals surface area (Å²) in [6, 6.07) is 6.45. The fourth-order valence-corrected chi connectivity index (χ4v) is 1.54. The van der Waals surface area contributed by atoms with Gasteiger partial charge in [0.2, 0.25) is 0 Å². The number of halogens is 1. The van der Waals surface area contributed by atoms with Crippen LogP contribution in [-0.2, 0) is 11.3 Å². The fraction of sp³-hybridized carbons (Fsp3) is 0.167. The Morgan fingerprint density at radius 3 is 3.00 bits per heavy atom. The summed E-state index contributed by atoms with van der Waals surface area (Å²) in [6.45, 7) is 0.769. The minimum Gasteiger partial charge on any atom is -0.460 e. The lowest BCUT2D eigenvalue weighted by atomic mass is 10.2. The zero-order chi connectivity index (χ0) is 13.0. The van der Waals surface area contributed by atoms with Gasteiger partial charge >= 0.3 is 5.97 Å². The van der Waals surface area contributed by atoms with Crippen LogP contribution in [0.15, 0.2) is 36.7 Å². The molecular formula is C12H12ClN3O2. The Bertz CT molecular complexity index is 540. The summed E-state index contributed by atoms with van der Waals surface area (Å²) >= 11 is 5.77. The van der Waals surface area contributed by atoms with Gasteiger partial charge in [-0.2, -0.15) is 5.10 Å². The Labute approximate surface area is 109 Å². The Morgan fingerprint density at radius 2 is 2.33 bits per heavy atom. The van der Waals surface area contributed by atoms with Crippen molar-refractivity contribution in [1.82, 2.24) is 9.78 Å². The normalized spacial score (nSPS) is 10.3. The topological polar surface area (TPSA) is 70.1 Å². The number of carbonyl (C=O) groups excluding carboxylic acids is 1. The molecule has 2 aromatic rings. The molecule has 0 fully saturated rings. The standard InChI is InChI=1S/C12H12ClN3O2/c13-10-3-2-9(8-11(10)14)12(17)18-7-6-16-5-1-4-15-16/h1-5,8H,6-7,14H2. The van der Waals surface area contributed by atoms with Gasteiger partial charge < -0.3 is 10.5 Å². The summed E-state index contributed by atoms with van der Waals surface area (Å²) in [5, 5.41) is 4.42. The number of ether oxygens (including phenoxy) is 1. The lowest BCUT2D eigenvalue weighted by molar-refractivity contribution is 0.0488. The first-order valence-corrected chi connectivity index (χ1v) is 5.74. The Kier molecular flexibility index (Phi) is 3.84. The van der Waals surface area contributed by atoms with Gasteiger partial charge in [0.25, 0.3) is 0 Å². The molecule has 0 amide bonds. The van der Waals surface area contributed by atoms with E-state index in [9.17, 15) is 4.79 Å². The van der Waals surface area contributed by atoms with Crippen LogP contribution in [0.2, 0.25) is 5.02 Å². The molecule has 1 aromatic heterocycles. The van der Waals surface area contributed by atoms with Crippen LogP contribution in [-0.4, -0.2) is 22.4 Å². The third kappa shape index (κ3) is 3.01. The third-order valence-corrected chi connectivity index (χ3v) is 2.69. The molecule has 0 bridgehead atoms. The Balaban J connectivity index is 1.89. The first-order chi connectivity index (χ1) is 8.66. The molecule has 0 radical (unpaired) electrons. The van der Waals surface area contributed by atoms with Crippen LogP contribution in [0.3, 0.4) is 0 Å². The van der Waals surface area contributed by atoms with Crippen LogP contribution in [0.1, 0.15) is 10.4 Å². The van der Waals surface area contributed by atoms with Gasteiger partial charge in [-0.15, -0.1) is 0 Å². The number of hydrogen-bond donors (Lipinski definition) is 1. The van der Waals surface area contributed by atoms with Crippen LogP contribution < -0.4 is 5.73 Å². The van der Waals surface area contributed by atoms with Gasteiger partial charge in [0.05, 0.1) is 22.8 Å². The molecule has 0 aliphatic rings. The molecule has 0 saturated heterocycles. The number of anilines is 1. The van der Waals surface area contributed by atoms with Gasteiger partial charge in [-0.1, -0.05) is 11.6 Å². The molecular weight excluding hydrogens is 254 g/mol. The molecule has 2 rings (SSSR count). The van der Waals surface area contributed by atoms with Gasteiger partial charge in [0, 0.05) is 12.4 Å². The van der Waals surface area contributed by atoms with Crippen molar-refractivity contribution in [3.8, 4) is 0 Å². The number of benzene rings is 1. The van der Waals surface area contributed by atoms with Crippen molar-refractivity contribution in [1.29, 1.82) is 0 Å². The Hall–Kier alpha value is -2.01. The zero-order valence-corrected chi connectivity index (χ0v) is 10.3. The van der Waals surface area contributed by atoms with E-state index in [4.69, 9.17) is 22.1 Å². The molecule has 18 heavy (non-hydrogen) atoms. The van der Waals surface area contributed by atoms with Crippen molar-refractivity contribution in [3.63, 3.8) is 0 Å². The summed E-state index contributed by atoms with van der Waals surface area (Å²) in [4.78, 5) is 11.7. The second-order valence-electron chi connectivity index (χ2n) is 3.64. The second kappa shape index (κ2) is 5.55. The largest absolute Gasteiger partial charge is 0.460 e. The number of rotatable bonds is 4. The van der Waals surface area contributed by atoms with Gasteiger partial charge in [-0.05, 0) is 24.3 Å². The lowest BCUT2D eigenvalue weighted by Gasteiger charge is -2.06. The summed E-state index contributed by atoms with van der Waals surface area (Å²) in [6.07, 6.45) is 3.47. The molecule has 0 atom stereocenters. The molecule has 1 aromatic carbocycles. The lowest BCUT2D eigenvalue weighted by Crippen LogP contribution is -2.12. The average molecular weight is 266 g/mol. The van der Waals surface area contributed by atoms with Crippen LogP contribution in [0.4, 0.5) is 5.69 Å². The summed E-state index contributed by atoms with van der Waals surface area (Å²) in [5.41, 5.74) is 6.36. The van der Waals surface area contributed by atoms with Gasteiger partial charge in [0.15, 0.2) is 0 Å². The van der Waals surface area contributed by atoms with Crippen molar-refractivity contribution in [2.75, 3.05) is 12.3 Å². The molecule has 0 saturated carbocycles. The molecule has 2 N–H and O–H groups in total.